The number of thiophene rings is 4. The van der Waals surface area contributed by atoms with Gasteiger partial charge in [-0.3, -0.25) is 24.3 Å². The van der Waals surface area contributed by atoms with Gasteiger partial charge >= 0.3 is 12.2 Å². The molecule has 4 heterocycles. The second-order valence-electron chi connectivity index (χ2n) is 11.3. The summed E-state index contributed by atoms with van der Waals surface area (Å²) in [6.07, 6.45) is -3.13. The Hall–Kier alpha value is -4.70. The Morgan fingerprint density at radius 2 is 1.12 bits per heavy atom. The molecule has 0 spiro atoms. The largest absolute Gasteiger partial charge is 0.497 e. The predicted octanol–water partition coefficient (Wildman–Crippen LogP) is 7.54. The Bertz CT molecular complexity index is 1720. The first-order valence-corrected chi connectivity index (χ1v) is 19.5. The van der Waals surface area contributed by atoms with Crippen LogP contribution in [0.5, 0.6) is 5.75 Å². The van der Waals surface area contributed by atoms with E-state index in [-0.39, 0.29) is 32.5 Å². The topological polar surface area (TPSA) is 132 Å². The molecule has 0 bridgehead atoms. The fraction of sp³-hybridized carbons (Fsp3) is 0.278. The van der Waals surface area contributed by atoms with Gasteiger partial charge in [0.15, 0.2) is 0 Å². The van der Waals surface area contributed by atoms with Crippen molar-refractivity contribution in [1.29, 1.82) is 0 Å². The van der Waals surface area contributed by atoms with Crippen molar-refractivity contribution in [1.82, 2.24) is 14.7 Å². The molecule has 0 radical (unpaired) electrons. The number of rotatable bonds is 18. The van der Waals surface area contributed by atoms with Crippen LogP contribution in [-0.2, 0) is 51.8 Å². The molecule has 0 aliphatic carbocycles. The zero-order valence-corrected chi connectivity index (χ0v) is 31.1. The summed E-state index contributed by atoms with van der Waals surface area (Å²) in [6.45, 7) is 0.679. The normalized spacial score (nSPS) is 11.4. The van der Waals surface area contributed by atoms with Crippen LogP contribution in [0, 0.1) is 0 Å². The highest BCUT2D eigenvalue weighted by Crippen LogP contribution is 2.23. The van der Waals surface area contributed by atoms with Crippen LogP contribution in [0.25, 0.3) is 0 Å². The standard InChI is InChI=1S/C36H38N4O7S4/c1-45-27-12-10-26(11-13-27)20-40(33(42)15-14-32(37)41)34(47-36(44)39(23-30-8-4-18-50-30)24-31-9-5-19-51-31)25-46-35(43)38(21-28-6-2-16-48-28)22-29-7-3-17-49-29/h2-13,16-19,34H,14-15,20-25H2,1H3,(H2,37,41). The van der Waals surface area contributed by atoms with E-state index >= 15 is 0 Å². The Labute approximate surface area is 312 Å². The van der Waals surface area contributed by atoms with Crippen molar-refractivity contribution in [3.05, 3.63) is 119 Å². The van der Waals surface area contributed by atoms with Crippen molar-refractivity contribution in [2.24, 2.45) is 5.73 Å². The lowest BCUT2D eigenvalue weighted by atomic mass is 10.1. The molecule has 0 aliphatic rings. The minimum Gasteiger partial charge on any atom is -0.497 e. The molecule has 1 unspecified atom stereocenters. The number of benzene rings is 1. The smallest absolute Gasteiger partial charge is 0.412 e. The summed E-state index contributed by atoms with van der Waals surface area (Å²) in [5, 5.41) is 7.73. The van der Waals surface area contributed by atoms with E-state index in [1.54, 1.807) is 41.2 Å². The summed E-state index contributed by atoms with van der Waals surface area (Å²) in [7, 11) is 1.55. The third kappa shape index (κ3) is 11.7. The van der Waals surface area contributed by atoms with Crippen LogP contribution in [0.3, 0.4) is 0 Å². The highest BCUT2D eigenvalue weighted by Gasteiger charge is 2.32. The summed E-state index contributed by atoms with van der Waals surface area (Å²) >= 11 is 6.06. The molecule has 1 atom stereocenters. The van der Waals surface area contributed by atoms with Crippen molar-refractivity contribution < 1.29 is 33.4 Å². The maximum Gasteiger partial charge on any atom is 0.412 e. The van der Waals surface area contributed by atoms with Gasteiger partial charge in [0.25, 0.3) is 0 Å². The van der Waals surface area contributed by atoms with E-state index in [0.29, 0.717) is 24.4 Å². The lowest BCUT2D eigenvalue weighted by Crippen LogP contribution is -2.48. The molecular formula is C36H38N4O7S4. The van der Waals surface area contributed by atoms with Gasteiger partial charge < -0.3 is 19.9 Å². The van der Waals surface area contributed by atoms with Gasteiger partial charge in [0.2, 0.25) is 18.0 Å². The van der Waals surface area contributed by atoms with Crippen LogP contribution in [0.15, 0.2) is 94.3 Å². The molecule has 5 rings (SSSR count). The number of carbonyl (C=O) groups is 4. The quantitative estimate of drug-likeness (QED) is 0.0912. The fourth-order valence-corrected chi connectivity index (χ4v) is 7.87. The number of nitrogens with zero attached hydrogens (tertiary/aromatic N) is 3. The van der Waals surface area contributed by atoms with Crippen LogP contribution in [0.4, 0.5) is 9.59 Å². The monoisotopic (exact) mass is 766 g/mol. The van der Waals surface area contributed by atoms with Gasteiger partial charge in [-0.15, -0.1) is 45.3 Å². The van der Waals surface area contributed by atoms with E-state index in [4.69, 9.17) is 19.9 Å². The average molecular weight is 767 g/mol. The number of ether oxygens (including phenoxy) is 3. The zero-order valence-electron chi connectivity index (χ0n) is 27.9. The third-order valence-corrected chi connectivity index (χ3v) is 11.0. The van der Waals surface area contributed by atoms with Crippen LogP contribution < -0.4 is 10.5 Å². The molecule has 15 heteroatoms. The number of carbonyl (C=O) groups excluding carboxylic acids is 4. The minimum absolute atomic E-state index is 0.0129. The van der Waals surface area contributed by atoms with Crippen molar-refractivity contribution in [3.8, 4) is 5.75 Å². The van der Waals surface area contributed by atoms with Gasteiger partial charge in [0.1, 0.15) is 12.4 Å². The molecular weight excluding hydrogens is 729 g/mol. The van der Waals surface area contributed by atoms with E-state index < -0.39 is 36.8 Å². The maximum atomic E-state index is 14.1. The molecule has 2 N–H and O–H groups in total. The van der Waals surface area contributed by atoms with Crippen molar-refractivity contribution in [2.75, 3.05) is 13.7 Å². The van der Waals surface area contributed by atoms with Crippen molar-refractivity contribution in [2.45, 2.75) is 51.8 Å². The van der Waals surface area contributed by atoms with E-state index in [1.807, 2.05) is 70.1 Å². The van der Waals surface area contributed by atoms with Crippen molar-refractivity contribution in [3.63, 3.8) is 0 Å². The number of hydrogen-bond donors (Lipinski definition) is 1. The first-order valence-electron chi connectivity index (χ1n) is 15.9. The van der Waals surface area contributed by atoms with Gasteiger partial charge in [-0.2, -0.15) is 0 Å². The Morgan fingerprint density at radius 1 is 0.647 bits per heavy atom. The highest BCUT2D eigenvalue weighted by molar-refractivity contribution is 7.10. The van der Waals surface area contributed by atoms with E-state index in [2.05, 4.69) is 0 Å². The number of amides is 4. The molecule has 268 valence electrons. The molecule has 0 saturated heterocycles. The van der Waals surface area contributed by atoms with Crippen LogP contribution in [0.2, 0.25) is 0 Å². The summed E-state index contributed by atoms with van der Waals surface area (Å²) in [5.41, 5.74) is 6.10. The molecule has 0 saturated carbocycles. The van der Waals surface area contributed by atoms with Gasteiger partial charge in [-0.25, -0.2) is 9.59 Å². The van der Waals surface area contributed by atoms with Crippen LogP contribution >= 0.6 is 45.3 Å². The van der Waals surface area contributed by atoms with Gasteiger partial charge in [-0.05, 0) is 63.5 Å². The summed E-state index contributed by atoms with van der Waals surface area (Å²) in [5.74, 6) is -0.532. The highest BCUT2D eigenvalue weighted by atomic mass is 32.1. The summed E-state index contributed by atoms with van der Waals surface area (Å²) < 4.78 is 17.3. The summed E-state index contributed by atoms with van der Waals surface area (Å²) in [4.78, 5) is 61.6. The predicted molar refractivity (Wildman–Crippen MR) is 199 cm³/mol. The van der Waals surface area contributed by atoms with Crippen LogP contribution in [-0.4, -0.2) is 58.6 Å². The SMILES string of the molecule is COc1ccc(CN(C(=O)CCC(N)=O)C(COC(=O)N(Cc2cccs2)Cc2cccs2)OC(=O)N(Cc2cccs2)Cc2cccs2)cc1. The Kier molecular flexibility index (Phi) is 14.0. The van der Waals surface area contributed by atoms with Crippen LogP contribution in [0.1, 0.15) is 37.9 Å². The fourth-order valence-electron chi connectivity index (χ4n) is 5.00. The first-order chi connectivity index (χ1) is 24.8. The first kappa shape index (κ1) is 37.6. The van der Waals surface area contributed by atoms with Crippen molar-refractivity contribution >= 4 is 69.3 Å². The lowest BCUT2D eigenvalue weighted by Gasteiger charge is -2.33. The molecule has 11 nitrogen and oxygen atoms in total. The van der Waals surface area contributed by atoms with Gasteiger partial charge in [0, 0.05) is 38.9 Å². The zero-order chi connectivity index (χ0) is 36.0. The molecule has 4 aromatic heterocycles. The Morgan fingerprint density at radius 3 is 1.53 bits per heavy atom. The second kappa shape index (κ2) is 19.1. The van der Waals surface area contributed by atoms with E-state index in [0.717, 1.165) is 19.5 Å². The molecule has 0 fully saturated rings. The number of nitrogens with two attached hydrogens (primary N) is 1. The number of methoxy groups -OCH3 is 1. The van der Waals surface area contributed by atoms with Gasteiger partial charge in [-0.1, -0.05) is 36.4 Å². The second-order valence-corrected chi connectivity index (χ2v) is 15.4. The van der Waals surface area contributed by atoms with E-state index in [1.165, 1.54) is 50.2 Å². The molecule has 51 heavy (non-hydrogen) atoms. The third-order valence-electron chi connectivity index (χ3n) is 7.58. The molecule has 0 aliphatic heterocycles. The lowest BCUT2D eigenvalue weighted by molar-refractivity contribution is -0.148. The molecule has 4 amide bonds. The summed E-state index contributed by atoms with van der Waals surface area (Å²) in [6, 6.07) is 22.4. The average Bonchev–Trinajstić information content (AvgIpc) is 3.98. The van der Waals surface area contributed by atoms with E-state index in [9.17, 15) is 19.2 Å². The Balaban J connectivity index is 1.43. The minimum atomic E-state index is -1.34. The molecule has 1 aromatic carbocycles. The van der Waals surface area contributed by atoms with Gasteiger partial charge in [0.05, 0.1) is 33.3 Å². The molecule has 5 aromatic rings. The number of primary amides is 1. The number of hydrogen-bond acceptors (Lipinski definition) is 11. The maximum absolute atomic E-state index is 14.1.